The Labute approximate surface area is 59.3 Å². The van der Waals surface area contributed by atoms with E-state index >= 15 is 0 Å². The fraction of sp³-hybridized carbons (Fsp3) is 0.750. The van der Waals surface area contributed by atoms with Crippen molar-refractivity contribution in [3.8, 4) is 0 Å². The lowest BCUT2D eigenvalue weighted by atomic mass is 10.5. The molecule has 0 heterocycles. The normalized spacial score (nSPS) is 8.75. The number of rotatable bonds is 3. The Kier molecular flexibility index (Phi) is 5.47. The summed E-state index contributed by atoms with van der Waals surface area (Å²) in [7, 11) is 0. The van der Waals surface area contributed by atoms with Gasteiger partial charge >= 0.3 is 0 Å². The first-order chi connectivity index (χ1) is 3.77. The lowest BCUT2D eigenvalue weighted by Crippen LogP contribution is -1.97. The highest BCUT2D eigenvalue weighted by atomic mass is 32.1. The molecule has 0 aromatic carbocycles. The van der Waals surface area contributed by atoms with Crippen molar-refractivity contribution in [2.75, 3.05) is 13.2 Å². The molecule has 0 rings (SSSR count). The molecule has 0 aromatic heterocycles. The van der Waals surface area contributed by atoms with Gasteiger partial charge in [-0.1, -0.05) is 12.6 Å². The summed E-state index contributed by atoms with van der Waals surface area (Å²) in [6, 6.07) is 0. The smallest absolute Gasteiger partial charge is 0.216 e. The third-order valence-electron chi connectivity index (χ3n) is 0.528. The molecule has 0 amide bonds. The molecule has 0 bridgehead atoms. The molecule has 4 heteroatoms. The zero-order valence-corrected chi connectivity index (χ0v) is 6.04. The van der Waals surface area contributed by atoms with E-state index in [-0.39, 0.29) is 11.0 Å². The molecule has 0 atom stereocenters. The minimum absolute atomic E-state index is 0.135. The van der Waals surface area contributed by atoms with E-state index in [1.54, 1.807) is 0 Å². The van der Waals surface area contributed by atoms with Crippen molar-refractivity contribution < 1.29 is 9.84 Å². The molecule has 0 radical (unpaired) electrons. The van der Waals surface area contributed by atoms with Crippen LogP contribution in [-0.2, 0) is 4.74 Å². The molecule has 0 aliphatic carbocycles. The van der Waals surface area contributed by atoms with Crippen molar-refractivity contribution in [3.63, 3.8) is 0 Å². The molecular formula is C4H8O2S2. The highest BCUT2D eigenvalue weighted by Crippen LogP contribution is 1.87. The molecule has 0 aliphatic rings. The summed E-state index contributed by atoms with van der Waals surface area (Å²) >= 11 is 8.17. The molecule has 48 valence electrons. The summed E-state index contributed by atoms with van der Waals surface area (Å²) in [5, 5.41) is 8.23. The number of hydrogen-bond donors (Lipinski definition) is 2. The number of thiocarbonyl (C=S) groups is 1. The van der Waals surface area contributed by atoms with Gasteiger partial charge in [-0.25, -0.2) is 0 Å². The maximum Gasteiger partial charge on any atom is 0.216 e. The highest BCUT2D eigenvalue weighted by molar-refractivity contribution is 8.10. The predicted octanol–water partition coefficient (Wildman–Crippen LogP) is 0.600. The van der Waals surface area contributed by atoms with Crippen molar-refractivity contribution in [2.45, 2.75) is 6.42 Å². The Morgan fingerprint density at radius 2 is 2.38 bits per heavy atom. The van der Waals surface area contributed by atoms with E-state index in [1.165, 1.54) is 0 Å². The molecule has 0 aromatic rings. The Hall–Kier alpha value is 0.200. The van der Waals surface area contributed by atoms with Crippen molar-refractivity contribution in [1.29, 1.82) is 0 Å². The monoisotopic (exact) mass is 152 g/mol. The summed E-state index contributed by atoms with van der Waals surface area (Å²) in [6.07, 6.45) is 0.612. The quantitative estimate of drug-likeness (QED) is 0.352. The van der Waals surface area contributed by atoms with Gasteiger partial charge in [-0.2, -0.15) is 0 Å². The van der Waals surface area contributed by atoms with Crippen LogP contribution in [0.2, 0.25) is 0 Å². The van der Waals surface area contributed by atoms with Gasteiger partial charge in [0, 0.05) is 13.0 Å². The van der Waals surface area contributed by atoms with Gasteiger partial charge in [-0.05, 0) is 12.2 Å². The average molecular weight is 152 g/mol. The summed E-state index contributed by atoms with van der Waals surface area (Å²) < 4.78 is 4.95. The van der Waals surface area contributed by atoms with E-state index in [2.05, 4.69) is 24.8 Å². The summed E-state index contributed by atoms with van der Waals surface area (Å²) in [5.74, 6) is 0. The minimum Gasteiger partial charge on any atom is -0.479 e. The molecule has 0 fully saturated rings. The maximum absolute atomic E-state index is 8.23. The van der Waals surface area contributed by atoms with E-state index < -0.39 is 0 Å². The van der Waals surface area contributed by atoms with Gasteiger partial charge in [0.15, 0.2) is 0 Å². The van der Waals surface area contributed by atoms with E-state index in [9.17, 15) is 0 Å². The second-order valence-corrected chi connectivity index (χ2v) is 2.27. The third kappa shape index (κ3) is 6.20. The first kappa shape index (κ1) is 8.20. The van der Waals surface area contributed by atoms with Gasteiger partial charge < -0.3 is 9.84 Å². The van der Waals surface area contributed by atoms with E-state index in [4.69, 9.17) is 9.84 Å². The van der Waals surface area contributed by atoms with Gasteiger partial charge in [-0.3, -0.25) is 0 Å². The number of thiol groups is 1. The number of aliphatic hydroxyl groups excluding tert-OH is 1. The van der Waals surface area contributed by atoms with Crippen LogP contribution in [0, 0.1) is 0 Å². The van der Waals surface area contributed by atoms with Crippen LogP contribution in [0.3, 0.4) is 0 Å². The Bertz CT molecular complexity index is 74.4. The predicted molar refractivity (Wildman–Crippen MR) is 39.2 cm³/mol. The van der Waals surface area contributed by atoms with Gasteiger partial charge in [0.25, 0.3) is 0 Å². The van der Waals surface area contributed by atoms with Crippen molar-refractivity contribution in [3.05, 3.63) is 0 Å². The molecule has 0 saturated heterocycles. The molecule has 1 N–H and O–H groups in total. The van der Waals surface area contributed by atoms with Gasteiger partial charge in [0.2, 0.25) is 4.38 Å². The fourth-order valence-electron chi connectivity index (χ4n) is 0.224. The summed E-state index contributed by atoms with van der Waals surface area (Å²) in [5.41, 5.74) is 0. The second-order valence-electron chi connectivity index (χ2n) is 1.19. The van der Waals surface area contributed by atoms with Crippen molar-refractivity contribution >= 4 is 29.2 Å². The van der Waals surface area contributed by atoms with Gasteiger partial charge in [-0.15, -0.1) is 0 Å². The lowest BCUT2D eigenvalue weighted by molar-refractivity contribution is 0.234. The first-order valence-corrected chi connectivity index (χ1v) is 3.09. The van der Waals surface area contributed by atoms with Crippen LogP contribution in [0.5, 0.6) is 0 Å². The zero-order valence-electron chi connectivity index (χ0n) is 4.33. The third-order valence-corrected chi connectivity index (χ3v) is 0.775. The van der Waals surface area contributed by atoms with Gasteiger partial charge in [0.1, 0.15) is 0 Å². The topological polar surface area (TPSA) is 29.5 Å². The van der Waals surface area contributed by atoms with Crippen LogP contribution < -0.4 is 0 Å². The van der Waals surface area contributed by atoms with E-state index in [0.29, 0.717) is 13.0 Å². The molecule has 0 spiro atoms. The van der Waals surface area contributed by atoms with Crippen LogP contribution in [-0.4, -0.2) is 22.7 Å². The first-order valence-electron chi connectivity index (χ1n) is 2.24. The molecule has 0 saturated carbocycles. The summed E-state index contributed by atoms with van der Waals surface area (Å²) in [6.45, 7) is 0.592. The number of aliphatic hydroxyl groups is 1. The SMILES string of the molecule is OCCCOC(=S)S. The van der Waals surface area contributed by atoms with Gasteiger partial charge in [0.05, 0.1) is 6.61 Å². The molecule has 0 unspecified atom stereocenters. The van der Waals surface area contributed by atoms with E-state index in [0.717, 1.165) is 0 Å². The van der Waals surface area contributed by atoms with Crippen LogP contribution in [0.25, 0.3) is 0 Å². The standard InChI is InChI=1S/C4H8O2S2/c5-2-1-3-6-4(7)8/h5H,1-3H2,(H,7,8). The Morgan fingerprint density at radius 3 is 2.75 bits per heavy atom. The lowest BCUT2D eigenvalue weighted by Gasteiger charge is -1.97. The molecule has 8 heavy (non-hydrogen) atoms. The highest BCUT2D eigenvalue weighted by Gasteiger charge is 1.86. The molecular weight excluding hydrogens is 144 g/mol. The maximum atomic E-state index is 8.23. The van der Waals surface area contributed by atoms with E-state index in [1.807, 2.05) is 0 Å². The Morgan fingerprint density at radius 1 is 1.75 bits per heavy atom. The van der Waals surface area contributed by atoms with Crippen molar-refractivity contribution in [2.24, 2.45) is 0 Å². The van der Waals surface area contributed by atoms with Crippen LogP contribution in [0.1, 0.15) is 6.42 Å². The Balaban J connectivity index is 2.82. The number of hydrogen-bond acceptors (Lipinski definition) is 3. The average Bonchev–Trinajstić information content (AvgIpc) is 1.66. The molecule has 2 nitrogen and oxygen atoms in total. The number of ether oxygens (including phenoxy) is 1. The molecule has 0 aliphatic heterocycles. The van der Waals surface area contributed by atoms with Crippen molar-refractivity contribution in [1.82, 2.24) is 0 Å². The minimum atomic E-state index is 0.135. The van der Waals surface area contributed by atoms with Crippen LogP contribution >= 0.6 is 24.8 Å². The second kappa shape index (κ2) is 5.34. The fourth-order valence-corrected chi connectivity index (χ4v) is 0.399. The van der Waals surface area contributed by atoms with Crippen LogP contribution in [0.15, 0.2) is 0 Å². The summed E-state index contributed by atoms with van der Waals surface area (Å²) in [4.78, 5) is 0. The van der Waals surface area contributed by atoms with Crippen LogP contribution in [0.4, 0.5) is 0 Å². The largest absolute Gasteiger partial charge is 0.479 e. The zero-order chi connectivity index (χ0) is 6.41.